The molecule has 0 aromatic carbocycles. The highest BCUT2D eigenvalue weighted by Crippen LogP contribution is 2.38. The van der Waals surface area contributed by atoms with E-state index >= 15 is 0 Å². The number of nitrogens with one attached hydrogen (secondary N) is 1. The first kappa shape index (κ1) is 87.7. The highest BCUT2D eigenvalue weighted by Gasteiger charge is 2.23. The first-order valence-corrected chi connectivity index (χ1v) is 41.3. The van der Waals surface area contributed by atoms with Gasteiger partial charge in [-0.1, -0.05) is 403 Å². The van der Waals surface area contributed by atoms with Crippen LogP contribution in [0.25, 0.3) is 0 Å². The first-order valence-electron chi connectivity index (χ1n) is 39.9. The molecule has 9 heteroatoms. The number of aliphatic hydroxyl groups is 1. The molecule has 3 unspecified atom stereocenters. The van der Waals surface area contributed by atoms with E-state index in [0.29, 0.717) is 17.4 Å². The average Bonchev–Trinajstić information content (AvgIpc) is 3.69. The molecule has 0 spiro atoms. The number of carbonyl (C=O) groups excluding carboxylic acids is 1. The maximum Gasteiger partial charge on any atom is 0.268 e. The molecule has 0 saturated heterocycles. The number of nitrogens with zero attached hydrogens (tertiary/aromatic N) is 1. The minimum Gasteiger partial charge on any atom is -0.756 e. The van der Waals surface area contributed by atoms with Gasteiger partial charge >= 0.3 is 0 Å². The molecule has 1 amide bonds. The molecule has 0 radical (unpaired) electrons. The van der Waals surface area contributed by atoms with Gasteiger partial charge in [0.25, 0.3) is 7.82 Å². The van der Waals surface area contributed by atoms with Crippen molar-refractivity contribution >= 4 is 13.7 Å². The molecule has 0 bridgehead atoms. The van der Waals surface area contributed by atoms with Gasteiger partial charge in [0.1, 0.15) is 13.2 Å². The second-order valence-electron chi connectivity index (χ2n) is 28.8. The lowest BCUT2D eigenvalue weighted by molar-refractivity contribution is -0.870. The van der Waals surface area contributed by atoms with Crippen molar-refractivity contribution in [3.63, 3.8) is 0 Å². The third-order valence-corrected chi connectivity index (χ3v) is 19.5. The molecule has 0 aliphatic carbocycles. The highest BCUT2D eigenvalue weighted by atomic mass is 31.2. The maximum atomic E-state index is 13.1. The maximum absolute atomic E-state index is 13.1. The Morgan fingerprint density at radius 1 is 0.382 bits per heavy atom. The van der Waals surface area contributed by atoms with E-state index in [4.69, 9.17) is 9.05 Å². The molecular weight excluding hydrogens is 1120 g/mol. The zero-order valence-electron chi connectivity index (χ0n) is 60.7. The van der Waals surface area contributed by atoms with Gasteiger partial charge in [-0.25, -0.2) is 0 Å². The third kappa shape index (κ3) is 74.0. The standard InChI is InChI=1S/C80H157N2O6P/c1-6-8-10-12-14-16-18-20-22-24-26-28-30-32-34-36-38-39-40-41-42-44-46-48-50-52-54-56-58-60-62-64-66-68-70-72-74-80(84)81-78(77-88-89(85,86)87-76-75-82(3,4)5)79(83)73-71-69-67-65-63-61-59-57-55-53-51-49-47-45-43-37-35-33-31-29-27-25-23-21-19-17-15-13-11-9-7-2/h55,57,63,65,71,73,78-79,83H,6-54,56,58-62,64,66-70,72,74-77H2,1-5H3,(H-,81,84,85,86)/b57-55+,65-63+,73-71+. The van der Waals surface area contributed by atoms with Crippen LogP contribution in [-0.2, 0) is 18.4 Å². The van der Waals surface area contributed by atoms with E-state index in [1.165, 1.54) is 353 Å². The number of amides is 1. The number of likely N-dealkylation sites (N-methyl/N-ethyl adjacent to an activating group) is 1. The molecule has 0 aromatic heterocycles. The summed E-state index contributed by atoms with van der Waals surface area (Å²) in [6, 6.07) is -0.910. The van der Waals surface area contributed by atoms with Crippen LogP contribution in [0.4, 0.5) is 0 Å². The van der Waals surface area contributed by atoms with Crippen LogP contribution in [0.15, 0.2) is 36.5 Å². The van der Waals surface area contributed by atoms with Crippen LogP contribution >= 0.6 is 7.82 Å². The molecule has 0 heterocycles. The Labute approximate surface area is 557 Å². The largest absolute Gasteiger partial charge is 0.756 e. The topological polar surface area (TPSA) is 108 Å². The van der Waals surface area contributed by atoms with E-state index in [0.717, 1.165) is 44.9 Å². The summed E-state index contributed by atoms with van der Waals surface area (Å²) in [6.07, 6.45) is 96.2. The van der Waals surface area contributed by atoms with E-state index in [1.54, 1.807) is 6.08 Å². The molecule has 8 nitrogen and oxygen atoms in total. The minimum atomic E-state index is -4.62. The summed E-state index contributed by atoms with van der Waals surface area (Å²) < 4.78 is 23.5. The van der Waals surface area contributed by atoms with Gasteiger partial charge in [0.15, 0.2) is 0 Å². The van der Waals surface area contributed by atoms with Gasteiger partial charge in [-0.15, -0.1) is 0 Å². The molecule has 0 fully saturated rings. The fourth-order valence-electron chi connectivity index (χ4n) is 12.4. The number of hydrogen-bond donors (Lipinski definition) is 2. The Hall–Kier alpha value is -1.28. The van der Waals surface area contributed by atoms with E-state index in [-0.39, 0.29) is 12.5 Å². The van der Waals surface area contributed by atoms with Crippen molar-refractivity contribution in [3.8, 4) is 0 Å². The molecule has 0 rings (SSSR count). The predicted molar refractivity (Wildman–Crippen MR) is 390 cm³/mol. The molecule has 0 aliphatic heterocycles. The lowest BCUT2D eigenvalue weighted by atomic mass is 10.0. The van der Waals surface area contributed by atoms with E-state index in [9.17, 15) is 19.4 Å². The van der Waals surface area contributed by atoms with Crippen molar-refractivity contribution in [3.05, 3.63) is 36.5 Å². The van der Waals surface area contributed by atoms with Crippen molar-refractivity contribution in [1.29, 1.82) is 0 Å². The lowest BCUT2D eigenvalue weighted by Gasteiger charge is -2.29. The number of phosphoric acid groups is 1. The summed E-state index contributed by atoms with van der Waals surface area (Å²) in [5.41, 5.74) is 0. The molecule has 0 saturated carbocycles. The number of carbonyl (C=O) groups is 1. The molecule has 3 atom stereocenters. The predicted octanol–water partition coefficient (Wildman–Crippen LogP) is 25.3. The summed E-state index contributed by atoms with van der Waals surface area (Å²) in [5, 5.41) is 14.0. The van der Waals surface area contributed by atoms with Crippen molar-refractivity contribution in [2.75, 3.05) is 40.9 Å². The van der Waals surface area contributed by atoms with Crippen molar-refractivity contribution < 1.29 is 32.9 Å². The third-order valence-electron chi connectivity index (χ3n) is 18.6. The monoisotopic (exact) mass is 1270 g/mol. The number of aliphatic hydroxyl groups excluding tert-OH is 1. The fraction of sp³-hybridized carbons (Fsp3) is 0.912. The molecule has 0 aromatic rings. The SMILES string of the molecule is CCCCCCCCCCCCCCCCCCCCCCC/C=C/CC/C=C/CC/C=C/C(O)C(COP(=O)([O-])OCC[N+](C)(C)C)NC(=O)CCCCCCCCCCCCCCCCCCCCCCCCCCCCCCCCCCCCCC. The molecule has 528 valence electrons. The number of phosphoric ester groups is 1. The molecular formula is C80H157N2O6P. The van der Waals surface area contributed by atoms with Gasteiger partial charge in [-0.05, 0) is 44.9 Å². The minimum absolute atomic E-state index is 0.00693. The number of quaternary nitrogens is 1. The summed E-state index contributed by atoms with van der Waals surface area (Å²) in [5.74, 6) is -0.202. The summed E-state index contributed by atoms with van der Waals surface area (Å²) in [7, 11) is 1.25. The summed E-state index contributed by atoms with van der Waals surface area (Å²) in [6.45, 7) is 4.69. The van der Waals surface area contributed by atoms with Crippen LogP contribution in [0.3, 0.4) is 0 Å². The number of hydrogen-bond acceptors (Lipinski definition) is 6. The van der Waals surface area contributed by atoms with Crippen molar-refractivity contribution in [2.24, 2.45) is 0 Å². The van der Waals surface area contributed by atoms with Crippen molar-refractivity contribution in [1.82, 2.24) is 5.32 Å². The van der Waals surface area contributed by atoms with E-state index in [1.807, 2.05) is 27.2 Å². The Kier molecular flexibility index (Phi) is 70.0. The number of allylic oxidation sites excluding steroid dienone is 5. The van der Waals surface area contributed by atoms with Crippen LogP contribution in [0.1, 0.15) is 418 Å². The van der Waals surface area contributed by atoms with Crippen LogP contribution in [0.5, 0.6) is 0 Å². The van der Waals surface area contributed by atoms with Gasteiger partial charge in [0.2, 0.25) is 5.91 Å². The first-order chi connectivity index (χ1) is 43.5. The molecule has 2 N–H and O–H groups in total. The van der Waals surface area contributed by atoms with Crippen LogP contribution in [-0.4, -0.2) is 68.5 Å². The highest BCUT2D eigenvalue weighted by molar-refractivity contribution is 7.45. The lowest BCUT2D eigenvalue weighted by Crippen LogP contribution is -2.45. The van der Waals surface area contributed by atoms with Gasteiger partial charge in [0.05, 0.1) is 39.9 Å². The Morgan fingerprint density at radius 3 is 0.910 bits per heavy atom. The van der Waals surface area contributed by atoms with Crippen LogP contribution < -0.4 is 10.2 Å². The molecule has 0 aliphatic rings. The van der Waals surface area contributed by atoms with Gasteiger partial charge in [0, 0.05) is 6.42 Å². The van der Waals surface area contributed by atoms with E-state index < -0.39 is 26.6 Å². The fourth-order valence-corrected chi connectivity index (χ4v) is 13.2. The Morgan fingerprint density at radius 2 is 0.629 bits per heavy atom. The number of rotatable bonds is 75. The summed E-state index contributed by atoms with van der Waals surface area (Å²) >= 11 is 0. The summed E-state index contributed by atoms with van der Waals surface area (Å²) in [4.78, 5) is 25.7. The Balaban J connectivity index is 3.99. The average molecular weight is 1270 g/mol. The Bertz CT molecular complexity index is 1550. The zero-order valence-corrected chi connectivity index (χ0v) is 61.6. The second-order valence-corrected chi connectivity index (χ2v) is 30.2. The van der Waals surface area contributed by atoms with Crippen LogP contribution in [0.2, 0.25) is 0 Å². The van der Waals surface area contributed by atoms with Crippen LogP contribution in [0, 0.1) is 0 Å². The second kappa shape index (κ2) is 71.0. The number of unbranched alkanes of at least 4 members (excludes halogenated alkanes) is 58. The zero-order chi connectivity index (χ0) is 64.8. The smallest absolute Gasteiger partial charge is 0.268 e. The quantitative estimate of drug-likeness (QED) is 0.0272. The van der Waals surface area contributed by atoms with Gasteiger partial charge < -0.3 is 28.8 Å². The van der Waals surface area contributed by atoms with Crippen molar-refractivity contribution in [2.45, 2.75) is 431 Å². The normalized spacial score (nSPS) is 13.7. The molecule has 89 heavy (non-hydrogen) atoms. The van der Waals surface area contributed by atoms with Gasteiger partial charge in [-0.2, -0.15) is 0 Å². The van der Waals surface area contributed by atoms with E-state index in [2.05, 4.69) is 43.5 Å². The van der Waals surface area contributed by atoms with Gasteiger partial charge in [-0.3, -0.25) is 9.36 Å².